The van der Waals surface area contributed by atoms with E-state index in [1.54, 1.807) is 6.07 Å². The number of carbonyl (C=O) groups excluding carboxylic acids is 1. The smallest absolute Gasteiger partial charge is 0.256 e. The normalized spacial score (nSPS) is 19.1. The molecule has 1 aliphatic rings. The van der Waals surface area contributed by atoms with Gasteiger partial charge in [-0.05, 0) is 46.1 Å². The van der Waals surface area contributed by atoms with Crippen molar-refractivity contribution in [2.45, 2.75) is 16.7 Å². The molecule has 1 saturated carbocycles. The second kappa shape index (κ2) is 5.64. The lowest BCUT2D eigenvalue weighted by molar-refractivity contribution is 0.102. The zero-order valence-corrected chi connectivity index (χ0v) is 14.0. The fraction of sp³-hybridized carbons (Fsp3) is 0.188. The van der Waals surface area contributed by atoms with Gasteiger partial charge in [0.2, 0.25) is 0 Å². The quantitative estimate of drug-likeness (QED) is 0.708. The lowest BCUT2D eigenvalue weighted by atomic mass is 10.1. The predicted molar refractivity (Wildman–Crippen MR) is 90.3 cm³/mol. The molecule has 0 heterocycles. The van der Waals surface area contributed by atoms with Crippen molar-refractivity contribution in [2.24, 2.45) is 0 Å². The fourth-order valence-electron chi connectivity index (χ4n) is 2.30. The van der Waals surface area contributed by atoms with Crippen LogP contribution >= 0.6 is 39.1 Å². The summed E-state index contributed by atoms with van der Waals surface area (Å²) in [5.41, 5.74) is 2.32. The minimum Gasteiger partial charge on any atom is -0.322 e. The summed E-state index contributed by atoms with van der Waals surface area (Å²) in [7, 11) is 0. The van der Waals surface area contributed by atoms with Crippen molar-refractivity contribution >= 4 is 50.7 Å². The molecule has 0 radical (unpaired) electrons. The molecule has 3 rings (SSSR count). The molecule has 0 aliphatic heterocycles. The van der Waals surface area contributed by atoms with Gasteiger partial charge in [0.05, 0.1) is 5.56 Å². The van der Waals surface area contributed by atoms with E-state index in [1.807, 2.05) is 42.5 Å². The number of halogens is 3. The van der Waals surface area contributed by atoms with Crippen molar-refractivity contribution in [2.75, 3.05) is 5.32 Å². The van der Waals surface area contributed by atoms with Crippen LogP contribution in [0, 0.1) is 0 Å². The van der Waals surface area contributed by atoms with Crippen LogP contribution in [0.2, 0.25) is 0 Å². The Bertz CT molecular complexity index is 702. The Labute approximate surface area is 141 Å². The third kappa shape index (κ3) is 3.10. The molecule has 2 aromatic rings. The highest BCUT2D eigenvalue weighted by Crippen LogP contribution is 2.60. The van der Waals surface area contributed by atoms with Crippen LogP contribution in [0.25, 0.3) is 0 Å². The molecule has 0 aromatic heterocycles. The highest BCUT2D eigenvalue weighted by molar-refractivity contribution is 9.10. The Morgan fingerprint density at radius 1 is 1.14 bits per heavy atom. The number of anilines is 1. The van der Waals surface area contributed by atoms with E-state index >= 15 is 0 Å². The molecule has 1 aliphatic carbocycles. The van der Waals surface area contributed by atoms with Crippen LogP contribution in [0.15, 0.2) is 53.0 Å². The molecule has 1 fully saturated rings. The van der Waals surface area contributed by atoms with Crippen molar-refractivity contribution < 1.29 is 4.79 Å². The van der Waals surface area contributed by atoms with E-state index in [4.69, 9.17) is 23.2 Å². The lowest BCUT2D eigenvalue weighted by Crippen LogP contribution is -2.14. The van der Waals surface area contributed by atoms with Gasteiger partial charge in [-0.15, -0.1) is 23.2 Å². The number of para-hydroxylation sites is 1. The summed E-state index contributed by atoms with van der Waals surface area (Å²) in [6, 6.07) is 14.9. The topological polar surface area (TPSA) is 29.1 Å². The van der Waals surface area contributed by atoms with Gasteiger partial charge in [0.25, 0.3) is 5.91 Å². The number of hydrogen-bond acceptors (Lipinski definition) is 1. The van der Waals surface area contributed by atoms with E-state index in [1.165, 1.54) is 0 Å². The van der Waals surface area contributed by atoms with Gasteiger partial charge in [0.1, 0.15) is 4.33 Å². The third-order valence-electron chi connectivity index (χ3n) is 3.53. The molecule has 0 spiro atoms. The largest absolute Gasteiger partial charge is 0.322 e. The number of hydrogen-bond donors (Lipinski definition) is 1. The van der Waals surface area contributed by atoms with Gasteiger partial charge in [-0.2, -0.15) is 0 Å². The van der Waals surface area contributed by atoms with E-state index in [9.17, 15) is 4.79 Å². The van der Waals surface area contributed by atoms with Crippen LogP contribution in [-0.4, -0.2) is 10.2 Å². The van der Waals surface area contributed by atoms with E-state index < -0.39 is 4.33 Å². The minimum atomic E-state index is -0.714. The molecular formula is C16H12BrCl2NO. The predicted octanol–water partition coefficient (Wildman–Crippen LogP) is 5.36. The summed E-state index contributed by atoms with van der Waals surface area (Å²) in [5.74, 6) is -0.0955. The lowest BCUT2D eigenvalue weighted by Gasteiger charge is -2.12. The number of carbonyl (C=O) groups is 1. The van der Waals surface area contributed by atoms with Crippen molar-refractivity contribution in [3.63, 3.8) is 0 Å². The summed E-state index contributed by atoms with van der Waals surface area (Å²) < 4.78 is 0.0455. The van der Waals surface area contributed by atoms with Gasteiger partial charge in [0, 0.05) is 16.1 Å². The van der Waals surface area contributed by atoms with Gasteiger partial charge in [-0.1, -0.05) is 30.3 Å². The maximum Gasteiger partial charge on any atom is 0.256 e. The van der Waals surface area contributed by atoms with Crippen LogP contribution in [0.1, 0.15) is 28.3 Å². The molecule has 21 heavy (non-hydrogen) atoms. The number of benzene rings is 2. The highest BCUT2D eigenvalue weighted by atomic mass is 79.9. The van der Waals surface area contributed by atoms with E-state index in [0.717, 1.165) is 15.7 Å². The second-order valence-corrected chi connectivity index (χ2v) is 7.44. The van der Waals surface area contributed by atoms with Gasteiger partial charge < -0.3 is 5.32 Å². The Morgan fingerprint density at radius 2 is 1.76 bits per heavy atom. The zero-order chi connectivity index (χ0) is 15.0. The fourth-order valence-corrected chi connectivity index (χ4v) is 3.31. The molecule has 5 heteroatoms. The van der Waals surface area contributed by atoms with Gasteiger partial charge in [0.15, 0.2) is 0 Å². The second-order valence-electron chi connectivity index (χ2n) is 5.04. The van der Waals surface area contributed by atoms with Crippen molar-refractivity contribution in [1.82, 2.24) is 0 Å². The molecule has 0 saturated heterocycles. The Morgan fingerprint density at radius 3 is 2.43 bits per heavy atom. The molecule has 108 valence electrons. The Kier molecular flexibility index (Phi) is 4.00. The molecule has 0 unspecified atom stereocenters. The molecule has 2 aromatic carbocycles. The van der Waals surface area contributed by atoms with Gasteiger partial charge >= 0.3 is 0 Å². The van der Waals surface area contributed by atoms with Crippen molar-refractivity contribution in [1.29, 1.82) is 0 Å². The maximum absolute atomic E-state index is 12.4. The van der Waals surface area contributed by atoms with Crippen LogP contribution in [0.5, 0.6) is 0 Å². The summed E-state index contributed by atoms with van der Waals surface area (Å²) in [5, 5.41) is 2.94. The number of rotatable bonds is 3. The first-order valence-electron chi connectivity index (χ1n) is 6.51. The first-order valence-corrected chi connectivity index (χ1v) is 8.06. The first kappa shape index (κ1) is 14.9. The van der Waals surface area contributed by atoms with E-state index in [0.29, 0.717) is 12.0 Å². The van der Waals surface area contributed by atoms with Gasteiger partial charge in [-0.25, -0.2) is 0 Å². The molecule has 0 bridgehead atoms. The average Bonchev–Trinajstić information content (AvgIpc) is 3.08. The summed E-state index contributed by atoms with van der Waals surface area (Å²) in [4.78, 5) is 12.4. The molecule has 1 amide bonds. The van der Waals surface area contributed by atoms with Crippen LogP contribution in [0.4, 0.5) is 5.69 Å². The Balaban J connectivity index is 1.86. The average molecular weight is 385 g/mol. The molecule has 1 atom stereocenters. The van der Waals surface area contributed by atoms with Crippen molar-refractivity contribution in [3.05, 3.63) is 64.1 Å². The third-order valence-corrected chi connectivity index (χ3v) is 5.06. The number of alkyl halides is 2. The first-order chi connectivity index (χ1) is 9.99. The Hall–Kier alpha value is -1.03. The number of nitrogens with one attached hydrogen (secondary N) is 1. The van der Waals surface area contributed by atoms with E-state index in [-0.39, 0.29) is 11.8 Å². The monoisotopic (exact) mass is 383 g/mol. The van der Waals surface area contributed by atoms with Crippen LogP contribution in [0.3, 0.4) is 0 Å². The molecular weight excluding hydrogens is 373 g/mol. The minimum absolute atomic E-state index is 0.0662. The molecule has 2 nitrogen and oxygen atoms in total. The highest BCUT2D eigenvalue weighted by Gasteiger charge is 2.53. The standard InChI is InChI=1S/C16H12BrCl2NO/c17-13-7-3-1-6-11(13)15(21)20-14-8-4-2-5-10(14)12-9-16(12,18)19/h1-8,12H,9H2,(H,20,21)/t12-/m0/s1. The van der Waals surface area contributed by atoms with Crippen LogP contribution in [-0.2, 0) is 0 Å². The number of amides is 1. The zero-order valence-electron chi connectivity index (χ0n) is 10.9. The summed E-state index contributed by atoms with van der Waals surface area (Å²) in [6.45, 7) is 0. The SMILES string of the molecule is O=C(Nc1ccccc1[C@@H]1CC1(Cl)Cl)c1ccccc1Br. The van der Waals surface area contributed by atoms with Crippen LogP contribution < -0.4 is 5.32 Å². The van der Waals surface area contributed by atoms with Gasteiger partial charge in [-0.3, -0.25) is 4.79 Å². The summed E-state index contributed by atoms with van der Waals surface area (Å²) in [6.07, 6.45) is 0.706. The van der Waals surface area contributed by atoms with E-state index in [2.05, 4.69) is 21.2 Å². The maximum atomic E-state index is 12.4. The van der Waals surface area contributed by atoms with Crippen molar-refractivity contribution in [3.8, 4) is 0 Å². The molecule has 1 N–H and O–H groups in total. The summed E-state index contributed by atoms with van der Waals surface area (Å²) >= 11 is 15.7.